The Balaban J connectivity index is 0. The molecule has 270 valence electrons. The van der Waals surface area contributed by atoms with Crippen LogP contribution in [-0.4, -0.2) is 88.9 Å². The standard InChI is InChI=1S/C32H56N4O7.C4H8/c1-26(2)29(38)34-17-11-23-42-20-8-14-32(36-31(40)28(5)6,13-7-19-41-22-10-16-33-25-37)15-9-21-43-24-12-18-35-30(39)27(3)4;1-4(2)3/h25H,1,3,5,7-24H2,2,4,6H3,(H,33,37)(H,34,38)(H,35,39)(H,36,40);1H2,2-3H3. The molecule has 0 bridgehead atoms. The third-order valence-electron chi connectivity index (χ3n) is 6.57. The van der Waals surface area contributed by atoms with Crippen LogP contribution in [-0.2, 0) is 33.4 Å². The van der Waals surface area contributed by atoms with Crippen molar-refractivity contribution in [3.8, 4) is 0 Å². The van der Waals surface area contributed by atoms with Crippen molar-refractivity contribution in [2.45, 2.75) is 97.9 Å². The van der Waals surface area contributed by atoms with Crippen LogP contribution in [0.2, 0.25) is 0 Å². The molecule has 0 aromatic heterocycles. The van der Waals surface area contributed by atoms with E-state index in [0.717, 1.165) is 32.1 Å². The molecule has 0 aliphatic heterocycles. The second kappa shape index (κ2) is 30.1. The van der Waals surface area contributed by atoms with Gasteiger partial charge in [0.1, 0.15) is 0 Å². The van der Waals surface area contributed by atoms with Crippen molar-refractivity contribution in [3.63, 3.8) is 0 Å². The molecule has 0 fully saturated rings. The second-order valence-electron chi connectivity index (χ2n) is 12.1. The van der Waals surface area contributed by atoms with Crippen LogP contribution >= 0.6 is 0 Å². The lowest BCUT2D eigenvalue weighted by Crippen LogP contribution is -2.49. The summed E-state index contributed by atoms with van der Waals surface area (Å²) >= 11 is 0. The highest BCUT2D eigenvalue weighted by Crippen LogP contribution is 2.27. The van der Waals surface area contributed by atoms with E-state index in [1.165, 1.54) is 5.57 Å². The van der Waals surface area contributed by atoms with E-state index in [1.54, 1.807) is 20.8 Å². The van der Waals surface area contributed by atoms with Gasteiger partial charge in [-0.3, -0.25) is 19.2 Å². The van der Waals surface area contributed by atoms with Crippen molar-refractivity contribution in [2.24, 2.45) is 0 Å². The average molecular weight is 665 g/mol. The summed E-state index contributed by atoms with van der Waals surface area (Å²) in [6.07, 6.45) is 7.21. The summed E-state index contributed by atoms with van der Waals surface area (Å²) < 4.78 is 17.4. The fourth-order valence-corrected chi connectivity index (χ4v) is 4.14. The van der Waals surface area contributed by atoms with Crippen molar-refractivity contribution >= 4 is 24.1 Å². The lowest BCUT2D eigenvalue weighted by Gasteiger charge is -2.36. The number of hydrogen-bond acceptors (Lipinski definition) is 7. The van der Waals surface area contributed by atoms with Crippen molar-refractivity contribution < 1.29 is 33.4 Å². The van der Waals surface area contributed by atoms with Crippen LogP contribution < -0.4 is 21.3 Å². The van der Waals surface area contributed by atoms with Crippen LogP contribution in [0.3, 0.4) is 0 Å². The van der Waals surface area contributed by atoms with Gasteiger partial charge in [-0.25, -0.2) is 0 Å². The van der Waals surface area contributed by atoms with Crippen LogP contribution in [0.15, 0.2) is 48.6 Å². The first-order chi connectivity index (χ1) is 22.3. The van der Waals surface area contributed by atoms with Gasteiger partial charge in [0, 0.05) is 81.5 Å². The number of allylic oxidation sites excluding steroid dienone is 1. The molecule has 0 radical (unpaired) electrons. The Bertz CT molecular complexity index is 919. The minimum Gasteiger partial charge on any atom is -0.381 e. The Labute approximate surface area is 284 Å². The third-order valence-corrected chi connectivity index (χ3v) is 6.57. The molecule has 0 atom stereocenters. The van der Waals surface area contributed by atoms with Crippen molar-refractivity contribution in [1.82, 2.24) is 21.3 Å². The first-order valence-electron chi connectivity index (χ1n) is 16.7. The van der Waals surface area contributed by atoms with Crippen molar-refractivity contribution in [3.05, 3.63) is 48.6 Å². The molecule has 4 N–H and O–H groups in total. The number of amides is 4. The fraction of sp³-hybridized carbons (Fsp3) is 0.667. The Kier molecular flexibility index (Phi) is 29.3. The van der Waals surface area contributed by atoms with E-state index in [2.05, 4.69) is 47.6 Å². The molecule has 4 amide bonds. The van der Waals surface area contributed by atoms with E-state index in [4.69, 9.17) is 14.2 Å². The molecular weight excluding hydrogens is 600 g/mol. The van der Waals surface area contributed by atoms with E-state index in [1.807, 2.05) is 13.8 Å². The molecule has 47 heavy (non-hydrogen) atoms. The first kappa shape index (κ1) is 45.8. The zero-order chi connectivity index (χ0) is 35.9. The number of rotatable bonds is 29. The largest absolute Gasteiger partial charge is 0.381 e. The van der Waals surface area contributed by atoms with Crippen molar-refractivity contribution in [2.75, 3.05) is 59.3 Å². The van der Waals surface area contributed by atoms with Gasteiger partial charge in [0.25, 0.3) is 0 Å². The molecule has 0 spiro atoms. The SMILES string of the molecule is C=C(C)C.C=C(C)C(=O)NCCCOCCCC(CCCOCCCNC=O)(CCCOCCCNC(=O)C(=C)C)NC(=O)C(=C)C. The topological polar surface area (TPSA) is 144 Å². The summed E-state index contributed by atoms with van der Waals surface area (Å²) in [5.74, 6) is -0.486. The highest BCUT2D eigenvalue weighted by molar-refractivity contribution is 5.93. The monoisotopic (exact) mass is 664 g/mol. The molecule has 0 heterocycles. The van der Waals surface area contributed by atoms with E-state index in [0.29, 0.717) is 108 Å². The lowest BCUT2D eigenvalue weighted by molar-refractivity contribution is -0.120. The van der Waals surface area contributed by atoms with Gasteiger partial charge in [-0.15, -0.1) is 6.58 Å². The van der Waals surface area contributed by atoms with E-state index in [9.17, 15) is 19.2 Å². The first-order valence-corrected chi connectivity index (χ1v) is 16.7. The molecular formula is C36H64N4O7. The second-order valence-corrected chi connectivity index (χ2v) is 12.1. The smallest absolute Gasteiger partial charge is 0.246 e. The van der Waals surface area contributed by atoms with Gasteiger partial charge in [0.15, 0.2) is 0 Å². The van der Waals surface area contributed by atoms with Crippen LogP contribution in [0.5, 0.6) is 0 Å². The van der Waals surface area contributed by atoms with Gasteiger partial charge >= 0.3 is 0 Å². The summed E-state index contributed by atoms with van der Waals surface area (Å²) in [6, 6.07) is 0. The summed E-state index contributed by atoms with van der Waals surface area (Å²) in [6.45, 7) is 28.4. The Morgan fingerprint density at radius 2 is 0.872 bits per heavy atom. The van der Waals surface area contributed by atoms with Crippen molar-refractivity contribution in [1.29, 1.82) is 0 Å². The number of carbonyl (C=O) groups is 4. The third kappa shape index (κ3) is 29.8. The average Bonchev–Trinajstić information content (AvgIpc) is 3.00. The summed E-state index contributed by atoms with van der Waals surface area (Å²) in [7, 11) is 0. The molecule has 0 saturated carbocycles. The maximum absolute atomic E-state index is 12.8. The summed E-state index contributed by atoms with van der Waals surface area (Å²) in [5.41, 5.74) is 2.10. The molecule has 0 unspecified atom stereocenters. The van der Waals surface area contributed by atoms with E-state index >= 15 is 0 Å². The van der Waals surface area contributed by atoms with E-state index < -0.39 is 5.54 Å². The zero-order valence-corrected chi connectivity index (χ0v) is 30.0. The number of carbonyl (C=O) groups excluding carboxylic acids is 4. The van der Waals surface area contributed by atoms with Gasteiger partial charge in [0.2, 0.25) is 24.1 Å². The Morgan fingerprint density at radius 1 is 0.553 bits per heavy atom. The Hall–Kier alpha value is -3.28. The quantitative estimate of drug-likeness (QED) is 0.0393. The summed E-state index contributed by atoms with van der Waals surface area (Å²) in [4.78, 5) is 46.3. The normalized spacial score (nSPS) is 10.6. The predicted octanol–water partition coefficient (Wildman–Crippen LogP) is 4.69. The summed E-state index contributed by atoms with van der Waals surface area (Å²) in [5, 5.41) is 11.5. The zero-order valence-electron chi connectivity index (χ0n) is 30.0. The van der Waals surface area contributed by atoms with Crippen LogP contribution in [0.25, 0.3) is 0 Å². The molecule has 11 nitrogen and oxygen atoms in total. The molecule has 0 aliphatic carbocycles. The minimum absolute atomic E-state index is 0.154. The molecule has 0 aliphatic rings. The molecule has 0 aromatic rings. The van der Waals surface area contributed by atoms with Gasteiger partial charge in [-0.2, -0.15) is 0 Å². The van der Waals surface area contributed by atoms with Crippen LogP contribution in [0.4, 0.5) is 0 Å². The predicted molar refractivity (Wildman–Crippen MR) is 190 cm³/mol. The highest BCUT2D eigenvalue weighted by Gasteiger charge is 2.31. The van der Waals surface area contributed by atoms with Gasteiger partial charge in [-0.05, 0) is 92.4 Å². The highest BCUT2D eigenvalue weighted by atomic mass is 16.5. The number of hydrogen-bond donors (Lipinski definition) is 4. The Morgan fingerprint density at radius 3 is 1.19 bits per heavy atom. The van der Waals surface area contributed by atoms with Gasteiger partial charge < -0.3 is 35.5 Å². The molecule has 0 saturated heterocycles. The number of ether oxygens (including phenoxy) is 3. The molecule has 11 heteroatoms. The fourth-order valence-electron chi connectivity index (χ4n) is 4.14. The van der Waals surface area contributed by atoms with Gasteiger partial charge in [-0.1, -0.05) is 25.3 Å². The van der Waals surface area contributed by atoms with Crippen LogP contribution in [0, 0.1) is 0 Å². The maximum atomic E-state index is 12.8. The molecule has 0 aromatic carbocycles. The maximum Gasteiger partial charge on any atom is 0.246 e. The lowest BCUT2D eigenvalue weighted by atomic mass is 9.83. The molecule has 0 rings (SSSR count). The minimum atomic E-state index is -0.476. The van der Waals surface area contributed by atoms with E-state index in [-0.39, 0.29) is 17.7 Å². The number of nitrogens with one attached hydrogen (secondary N) is 4. The van der Waals surface area contributed by atoms with Gasteiger partial charge in [0.05, 0.1) is 0 Å². The van der Waals surface area contributed by atoms with Crippen LogP contribution in [0.1, 0.15) is 92.4 Å².